The molecule has 0 aliphatic rings. The molecule has 0 radical (unpaired) electrons. The molecule has 0 aliphatic heterocycles. The zero-order chi connectivity index (χ0) is 13.4. The normalized spacial score (nSPS) is 12.4. The van der Waals surface area contributed by atoms with Crippen LogP contribution in [0.4, 0.5) is 0 Å². The Morgan fingerprint density at radius 2 is 2.17 bits per heavy atom. The number of aryl methyl sites for hydroxylation is 1. The average Bonchev–Trinajstić information content (AvgIpc) is 2.76. The second-order valence-corrected chi connectivity index (χ2v) is 5.09. The fourth-order valence-electron chi connectivity index (χ4n) is 1.85. The Bertz CT molecular complexity index is 364. The Kier molecular flexibility index (Phi) is 6.73. The molecule has 0 spiro atoms. The Morgan fingerprint density at radius 1 is 1.39 bits per heavy atom. The third-order valence-corrected chi connectivity index (χ3v) is 2.96. The topological polar surface area (TPSA) is 29.9 Å². The summed E-state index contributed by atoms with van der Waals surface area (Å²) in [7, 11) is 0. The van der Waals surface area contributed by atoms with E-state index in [4.69, 9.17) is 0 Å². The van der Waals surface area contributed by atoms with Gasteiger partial charge in [-0.3, -0.25) is 4.68 Å². The smallest absolute Gasteiger partial charge is 0.0562 e. The molecular formula is C15H27N3. The lowest BCUT2D eigenvalue weighted by Gasteiger charge is -2.12. The van der Waals surface area contributed by atoms with Crippen molar-refractivity contribution in [2.24, 2.45) is 5.92 Å². The summed E-state index contributed by atoms with van der Waals surface area (Å²) in [5, 5.41) is 7.84. The number of nitrogens with one attached hydrogen (secondary N) is 1. The first-order valence-electron chi connectivity index (χ1n) is 7.11. The van der Waals surface area contributed by atoms with Crippen LogP contribution in [0.15, 0.2) is 18.0 Å². The van der Waals surface area contributed by atoms with Gasteiger partial charge in [0, 0.05) is 24.8 Å². The van der Waals surface area contributed by atoms with E-state index in [1.807, 2.05) is 10.9 Å². The van der Waals surface area contributed by atoms with E-state index >= 15 is 0 Å². The standard InChI is InChI=1S/C15H27N3/c1-5-7-16-11-15(13(3)4)9-14-10-17-18(12-14)8-6-2/h9-10,12-13,16H,5-8,11H2,1-4H3. The van der Waals surface area contributed by atoms with Gasteiger partial charge in [-0.1, -0.05) is 39.3 Å². The molecule has 1 rings (SSSR count). The van der Waals surface area contributed by atoms with Crippen molar-refractivity contribution in [1.29, 1.82) is 0 Å². The van der Waals surface area contributed by atoms with Gasteiger partial charge in [0.1, 0.15) is 0 Å². The minimum Gasteiger partial charge on any atom is -0.313 e. The summed E-state index contributed by atoms with van der Waals surface area (Å²) in [6, 6.07) is 0. The molecule has 0 saturated heterocycles. The van der Waals surface area contributed by atoms with Crippen LogP contribution in [0.5, 0.6) is 0 Å². The van der Waals surface area contributed by atoms with Crippen LogP contribution in [0.25, 0.3) is 6.08 Å². The number of rotatable bonds is 8. The fourth-order valence-corrected chi connectivity index (χ4v) is 1.85. The zero-order valence-electron chi connectivity index (χ0n) is 12.2. The largest absolute Gasteiger partial charge is 0.313 e. The summed E-state index contributed by atoms with van der Waals surface area (Å²) in [4.78, 5) is 0. The highest BCUT2D eigenvalue weighted by Gasteiger charge is 2.04. The van der Waals surface area contributed by atoms with Crippen molar-refractivity contribution in [3.63, 3.8) is 0 Å². The van der Waals surface area contributed by atoms with Crippen LogP contribution in [0.3, 0.4) is 0 Å². The Balaban J connectivity index is 2.67. The molecule has 1 aromatic heterocycles. The molecule has 3 nitrogen and oxygen atoms in total. The summed E-state index contributed by atoms with van der Waals surface area (Å²) in [6.45, 7) is 11.9. The monoisotopic (exact) mass is 249 g/mol. The predicted octanol–water partition coefficient (Wildman–Crippen LogP) is 3.33. The van der Waals surface area contributed by atoms with E-state index in [0.717, 1.165) is 26.1 Å². The van der Waals surface area contributed by atoms with Gasteiger partial charge in [-0.05, 0) is 25.3 Å². The highest BCUT2D eigenvalue weighted by atomic mass is 15.3. The second kappa shape index (κ2) is 8.09. The van der Waals surface area contributed by atoms with Crippen LogP contribution < -0.4 is 5.32 Å². The van der Waals surface area contributed by atoms with Crippen LogP contribution >= 0.6 is 0 Å². The van der Waals surface area contributed by atoms with Gasteiger partial charge in [0.25, 0.3) is 0 Å². The van der Waals surface area contributed by atoms with Gasteiger partial charge in [0.2, 0.25) is 0 Å². The van der Waals surface area contributed by atoms with Crippen LogP contribution in [0.2, 0.25) is 0 Å². The van der Waals surface area contributed by atoms with E-state index in [2.05, 4.69) is 50.4 Å². The summed E-state index contributed by atoms with van der Waals surface area (Å²) < 4.78 is 2.02. The molecule has 0 amide bonds. The van der Waals surface area contributed by atoms with Crippen molar-refractivity contribution in [2.75, 3.05) is 13.1 Å². The summed E-state index contributed by atoms with van der Waals surface area (Å²) in [5.74, 6) is 0.573. The lowest BCUT2D eigenvalue weighted by molar-refractivity contribution is 0.602. The van der Waals surface area contributed by atoms with E-state index in [1.54, 1.807) is 0 Å². The van der Waals surface area contributed by atoms with Crippen molar-refractivity contribution in [1.82, 2.24) is 15.1 Å². The second-order valence-electron chi connectivity index (χ2n) is 5.09. The van der Waals surface area contributed by atoms with Crippen molar-refractivity contribution in [3.05, 3.63) is 23.5 Å². The predicted molar refractivity (Wildman–Crippen MR) is 78.5 cm³/mol. The molecular weight excluding hydrogens is 222 g/mol. The van der Waals surface area contributed by atoms with E-state index in [1.165, 1.54) is 17.6 Å². The maximum atomic E-state index is 4.37. The van der Waals surface area contributed by atoms with Gasteiger partial charge in [-0.25, -0.2) is 0 Å². The van der Waals surface area contributed by atoms with Gasteiger partial charge in [0.15, 0.2) is 0 Å². The Morgan fingerprint density at radius 3 is 2.78 bits per heavy atom. The number of nitrogens with zero attached hydrogens (tertiary/aromatic N) is 2. The van der Waals surface area contributed by atoms with E-state index in [-0.39, 0.29) is 0 Å². The molecule has 102 valence electrons. The molecule has 0 atom stereocenters. The van der Waals surface area contributed by atoms with Crippen LogP contribution in [-0.4, -0.2) is 22.9 Å². The summed E-state index contributed by atoms with van der Waals surface area (Å²) in [5.41, 5.74) is 2.66. The molecule has 1 heterocycles. The third kappa shape index (κ3) is 5.05. The van der Waals surface area contributed by atoms with Gasteiger partial charge in [-0.15, -0.1) is 0 Å². The molecule has 18 heavy (non-hydrogen) atoms. The minimum atomic E-state index is 0.573. The lowest BCUT2D eigenvalue weighted by Crippen LogP contribution is -2.19. The van der Waals surface area contributed by atoms with E-state index in [9.17, 15) is 0 Å². The molecule has 3 heteroatoms. The average molecular weight is 249 g/mol. The Hall–Kier alpha value is -1.09. The van der Waals surface area contributed by atoms with Gasteiger partial charge in [0.05, 0.1) is 6.20 Å². The third-order valence-electron chi connectivity index (χ3n) is 2.96. The van der Waals surface area contributed by atoms with Crippen molar-refractivity contribution < 1.29 is 0 Å². The van der Waals surface area contributed by atoms with Gasteiger partial charge in [-0.2, -0.15) is 5.10 Å². The highest BCUT2D eigenvalue weighted by Crippen LogP contribution is 2.13. The maximum Gasteiger partial charge on any atom is 0.0562 e. The summed E-state index contributed by atoms with van der Waals surface area (Å²) in [6.07, 6.45) is 8.66. The van der Waals surface area contributed by atoms with Crippen molar-refractivity contribution in [2.45, 2.75) is 47.1 Å². The number of aromatic nitrogens is 2. The molecule has 1 N–H and O–H groups in total. The molecule has 0 aromatic carbocycles. The SMILES string of the molecule is CCCNCC(=Cc1cnn(CCC)c1)C(C)C. The molecule has 1 aromatic rings. The lowest BCUT2D eigenvalue weighted by atomic mass is 10.0. The van der Waals surface area contributed by atoms with Gasteiger partial charge >= 0.3 is 0 Å². The maximum absolute atomic E-state index is 4.37. The quantitative estimate of drug-likeness (QED) is 0.716. The number of hydrogen-bond donors (Lipinski definition) is 1. The first kappa shape index (κ1) is 15.0. The Labute approximate surface area is 111 Å². The van der Waals surface area contributed by atoms with Crippen molar-refractivity contribution >= 4 is 6.08 Å². The molecule has 0 fully saturated rings. The first-order chi connectivity index (χ1) is 8.67. The fraction of sp³-hybridized carbons (Fsp3) is 0.667. The summed E-state index contributed by atoms with van der Waals surface area (Å²) >= 11 is 0. The van der Waals surface area contributed by atoms with Gasteiger partial charge < -0.3 is 5.32 Å². The van der Waals surface area contributed by atoms with E-state index in [0.29, 0.717) is 5.92 Å². The first-order valence-corrected chi connectivity index (χ1v) is 7.11. The highest BCUT2D eigenvalue weighted by molar-refractivity contribution is 5.51. The van der Waals surface area contributed by atoms with Crippen molar-refractivity contribution in [3.8, 4) is 0 Å². The molecule has 0 aliphatic carbocycles. The zero-order valence-corrected chi connectivity index (χ0v) is 12.2. The van der Waals surface area contributed by atoms with Crippen LogP contribution in [-0.2, 0) is 6.54 Å². The van der Waals surface area contributed by atoms with Crippen LogP contribution in [0.1, 0.15) is 46.1 Å². The molecule has 0 unspecified atom stereocenters. The van der Waals surface area contributed by atoms with Crippen LogP contribution in [0, 0.1) is 5.92 Å². The molecule has 0 bridgehead atoms. The minimum absolute atomic E-state index is 0.573. The number of hydrogen-bond acceptors (Lipinski definition) is 2. The molecule has 0 saturated carbocycles. The van der Waals surface area contributed by atoms with E-state index < -0.39 is 0 Å².